The largest absolute Gasteiger partial charge is 0.495 e. The van der Waals surface area contributed by atoms with Gasteiger partial charge in [-0.2, -0.15) is 0 Å². The Morgan fingerprint density at radius 3 is 2.62 bits per heavy atom. The Hall–Kier alpha value is -2.70. The van der Waals surface area contributed by atoms with E-state index in [-0.39, 0.29) is 24.5 Å². The summed E-state index contributed by atoms with van der Waals surface area (Å²) in [6.07, 6.45) is 10.2. The maximum Gasteiger partial charge on any atom is 0.229 e. The first kappa shape index (κ1) is 28.1. The van der Waals surface area contributed by atoms with E-state index < -0.39 is 6.10 Å². The zero-order valence-corrected chi connectivity index (χ0v) is 25.2. The maximum absolute atomic E-state index is 13.1. The zero-order valence-electron chi connectivity index (χ0n) is 24.4. The summed E-state index contributed by atoms with van der Waals surface area (Å²) >= 11 is 1.43. The number of nitrogens with one attached hydrogen (secondary N) is 1. The van der Waals surface area contributed by atoms with Crippen LogP contribution in [0.15, 0.2) is 24.5 Å². The number of rotatable bonds is 9. The van der Waals surface area contributed by atoms with Crippen molar-refractivity contribution < 1.29 is 19.4 Å². The van der Waals surface area contributed by atoms with E-state index in [1.807, 2.05) is 12.1 Å². The molecule has 1 saturated heterocycles. The summed E-state index contributed by atoms with van der Waals surface area (Å²) in [5, 5.41) is 13.7. The van der Waals surface area contributed by atoms with E-state index >= 15 is 0 Å². The molecule has 1 aromatic carbocycles. The van der Waals surface area contributed by atoms with Gasteiger partial charge >= 0.3 is 0 Å². The second kappa shape index (κ2) is 11.8. The lowest BCUT2D eigenvalue weighted by Gasteiger charge is -2.49. The summed E-state index contributed by atoms with van der Waals surface area (Å²) in [7, 11) is 1.65. The van der Waals surface area contributed by atoms with Crippen LogP contribution < -0.4 is 10.1 Å². The van der Waals surface area contributed by atoms with Crippen molar-refractivity contribution in [1.82, 2.24) is 24.8 Å². The highest BCUT2D eigenvalue weighted by molar-refractivity contribution is 7.22. The van der Waals surface area contributed by atoms with Gasteiger partial charge in [0.15, 0.2) is 11.0 Å². The Bertz CT molecular complexity index is 1420. The Balaban J connectivity index is 0.974. The van der Waals surface area contributed by atoms with Gasteiger partial charge in [0, 0.05) is 67.2 Å². The number of amides is 1. The number of nitrogens with zero attached hydrogens (tertiary/aromatic N) is 5. The predicted molar refractivity (Wildman–Crippen MR) is 162 cm³/mol. The van der Waals surface area contributed by atoms with Crippen molar-refractivity contribution in [2.45, 2.75) is 88.8 Å². The van der Waals surface area contributed by atoms with Gasteiger partial charge in [-0.3, -0.25) is 14.6 Å². The molecular formula is C31H40N6O4S. The minimum Gasteiger partial charge on any atom is -0.495 e. The van der Waals surface area contributed by atoms with E-state index in [1.165, 1.54) is 24.2 Å². The molecule has 3 heterocycles. The molecule has 1 amide bonds. The number of aromatic nitrogens is 3. The third-order valence-electron chi connectivity index (χ3n) is 9.53. The lowest BCUT2D eigenvalue weighted by atomic mass is 9.78. The third kappa shape index (κ3) is 5.65. The van der Waals surface area contributed by atoms with Crippen LogP contribution >= 0.6 is 11.3 Å². The molecule has 11 heteroatoms. The molecule has 3 aliphatic carbocycles. The molecule has 3 aromatic rings. The standard InChI is InChI=1S/C31H40N6O4S/c1-18-16-36(21-6-7-21)10-11-37(18)22-12-19(13-22)30(39)35-31-34-24-9-8-23(28(40-2)29(24)42-31)20-14-32-27(33-15-20)17-41-26-5-3-4-25(26)38/h8-9,14-15,18-19,21-22,25-26,38H,3-7,10-13,16-17H2,1-2H3,(H,34,35,39)/t18-,19-,22+,25-,26-/m0/s1. The fraction of sp³-hybridized carbons (Fsp3) is 0.613. The van der Waals surface area contributed by atoms with Gasteiger partial charge in [0.05, 0.1) is 29.5 Å². The molecule has 3 saturated carbocycles. The number of hydrogen-bond acceptors (Lipinski definition) is 10. The highest BCUT2D eigenvalue weighted by Gasteiger charge is 2.42. The molecule has 42 heavy (non-hydrogen) atoms. The van der Waals surface area contributed by atoms with E-state index in [0.717, 1.165) is 79.1 Å². The summed E-state index contributed by atoms with van der Waals surface area (Å²) in [6.45, 7) is 6.04. The van der Waals surface area contributed by atoms with Crippen molar-refractivity contribution in [3.63, 3.8) is 0 Å². The monoisotopic (exact) mass is 592 g/mol. The molecule has 10 nitrogen and oxygen atoms in total. The number of piperazine rings is 1. The number of benzene rings is 1. The number of anilines is 1. The number of methoxy groups -OCH3 is 1. The van der Waals surface area contributed by atoms with Gasteiger partial charge in [0.25, 0.3) is 0 Å². The number of carbonyl (C=O) groups excluding carboxylic acids is 1. The van der Waals surface area contributed by atoms with Crippen LogP contribution in [0.3, 0.4) is 0 Å². The number of carbonyl (C=O) groups is 1. The highest BCUT2D eigenvalue weighted by Crippen LogP contribution is 2.42. The Kier molecular flexibility index (Phi) is 7.87. The first-order chi connectivity index (χ1) is 20.5. The van der Waals surface area contributed by atoms with Gasteiger partial charge in [0.2, 0.25) is 5.91 Å². The Morgan fingerprint density at radius 1 is 1.12 bits per heavy atom. The lowest BCUT2D eigenvalue weighted by molar-refractivity contribution is -0.125. The van der Waals surface area contributed by atoms with E-state index in [0.29, 0.717) is 28.8 Å². The van der Waals surface area contributed by atoms with Gasteiger partial charge < -0.3 is 19.9 Å². The lowest BCUT2D eigenvalue weighted by Crippen LogP contribution is -2.59. The van der Waals surface area contributed by atoms with E-state index in [9.17, 15) is 9.90 Å². The van der Waals surface area contributed by atoms with Gasteiger partial charge in [-0.15, -0.1) is 0 Å². The molecule has 0 unspecified atom stereocenters. The second-order valence-electron chi connectivity index (χ2n) is 12.4. The van der Waals surface area contributed by atoms with E-state index in [4.69, 9.17) is 14.5 Å². The molecule has 4 fully saturated rings. The van der Waals surface area contributed by atoms with Crippen molar-refractivity contribution in [2.75, 3.05) is 32.1 Å². The summed E-state index contributed by atoms with van der Waals surface area (Å²) in [5.41, 5.74) is 2.47. The summed E-state index contributed by atoms with van der Waals surface area (Å²) in [6, 6.07) is 5.79. The van der Waals surface area contributed by atoms with Crippen LogP contribution in [0.1, 0.15) is 57.7 Å². The van der Waals surface area contributed by atoms with E-state index in [2.05, 4.69) is 32.0 Å². The zero-order chi connectivity index (χ0) is 28.8. The number of hydrogen-bond donors (Lipinski definition) is 2. The average Bonchev–Trinajstić information content (AvgIpc) is 3.62. The fourth-order valence-corrected chi connectivity index (χ4v) is 7.89. The molecule has 2 aromatic heterocycles. The summed E-state index contributed by atoms with van der Waals surface area (Å²) in [4.78, 5) is 32.1. The van der Waals surface area contributed by atoms with Crippen LogP contribution in [-0.4, -0.2) is 92.8 Å². The molecular weight excluding hydrogens is 552 g/mol. The normalized spacial score (nSPS) is 28.6. The molecule has 0 spiro atoms. The Labute approximate surface area is 250 Å². The number of aliphatic hydroxyl groups is 1. The highest BCUT2D eigenvalue weighted by atomic mass is 32.1. The van der Waals surface area contributed by atoms with Crippen LogP contribution in [0.25, 0.3) is 21.3 Å². The number of ether oxygens (including phenoxy) is 2. The molecule has 7 rings (SSSR count). The molecule has 0 bridgehead atoms. The molecule has 2 N–H and O–H groups in total. The minimum absolute atomic E-state index is 0.0321. The first-order valence-electron chi connectivity index (χ1n) is 15.4. The molecule has 0 radical (unpaired) electrons. The quantitative estimate of drug-likeness (QED) is 0.380. The van der Waals surface area contributed by atoms with Gasteiger partial charge in [0.1, 0.15) is 12.4 Å². The summed E-state index contributed by atoms with van der Waals surface area (Å²) in [5.74, 6) is 1.36. The van der Waals surface area contributed by atoms with Crippen LogP contribution in [0.5, 0.6) is 5.75 Å². The Morgan fingerprint density at radius 2 is 1.93 bits per heavy atom. The molecule has 224 valence electrons. The summed E-state index contributed by atoms with van der Waals surface area (Å²) < 4.78 is 12.5. The minimum atomic E-state index is -0.401. The molecule has 3 atom stereocenters. The van der Waals surface area contributed by atoms with Crippen molar-refractivity contribution in [1.29, 1.82) is 0 Å². The third-order valence-corrected chi connectivity index (χ3v) is 10.5. The SMILES string of the molecule is COc1c(-c2cnc(CO[C@H]3CCC[C@@H]3O)nc2)ccc2nc(NC(=O)[C@H]3C[C@@H](N4CCN(C5CC5)C[C@@H]4C)C3)sc12. The van der Waals surface area contributed by atoms with Crippen LogP contribution in [0, 0.1) is 5.92 Å². The number of aliphatic hydroxyl groups excluding tert-OH is 1. The average molecular weight is 593 g/mol. The van der Waals surface area contributed by atoms with Gasteiger partial charge in [-0.25, -0.2) is 15.0 Å². The topological polar surface area (TPSA) is 113 Å². The maximum atomic E-state index is 13.1. The van der Waals surface area contributed by atoms with Crippen molar-refractivity contribution >= 4 is 32.6 Å². The number of fused-ring (bicyclic) bond motifs is 1. The van der Waals surface area contributed by atoms with Gasteiger partial charge in [-0.1, -0.05) is 11.3 Å². The molecule has 4 aliphatic rings. The van der Waals surface area contributed by atoms with Crippen LogP contribution in [0.4, 0.5) is 5.13 Å². The van der Waals surface area contributed by atoms with Crippen LogP contribution in [-0.2, 0) is 16.1 Å². The van der Waals surface area contributed by atoms with Crippen molar-refractivity contribution in [3.05, 3.63) is 30.4 Å². The van der Waals surface area contributed by atoms with Crippen molar-refractivity contribution in [3.8, 4) is 16.9 Å². The van der Waals surface area contributed by atoms with Crippen molar-refractivity contribution in [2.24, 2.45) is 5.92 Å². The predicted octanol–water partition coefficient (Wildman–Crippen LogP) is 4.08. The van der Waals surface area contributed by atoms with Gasteiger partial charge in [-0.05, 0) is 64.0 Å². The first-order valence-corrected chi connectivity index (χ1v) is 16.2. The number of thiazole rings is 1. The van der Waals surface area contributed by atoms with Crippen LogP contribution in [0.2, 0.25) is 0 Å². The molecule has 1 aliphatic heterocycles. The fourth-order valence-electron chi connectivity index (χ4n) is 6.90. The smallest absolute Gasteiger partial charge is 0.229 e. The second-order valence-corrected chi connectivity index (χ2v) is 13.4. The van der Waals surface area contributed by atoms with E-state index in [1.54, 1.807) is 19.5 Å².